The second kappa shape index (κ2) is 5.13. The van der Waals surface area contributed by atoms with Crippen molar-refractivity contribution < 1.29 is 5.11 Å². The highest BCUT2D eigenvalue weighted by Crippen LogP contribution is 2.17. The van der Waals surface area contributed by atoms with E-state index in [1.807, 2.05) is 26.0 Å². The Morgan fingerprint density at radius 2 is 2.07 bits per heavy atom. The van der Waals surface area contributed by atoms with Crippen molar-refractivity contribution in [2.45, 2.75) is 26.9 Å². The lowest BCUT2D eigenvalue weighted by molar-refractivity contribution is 0.175. The Bertz CT molecular complexity index is 296. The molecular weight excluding hydrogens is 174 g/mol. The summed E-state index contributed by atoms with van der Waals surface area (Å²) < 4.78 is 0. The van der Waals surface area contributed by atoms with Gasteiger partial charge < -0.3 is 10.4 Å². The highest BCUT2D eigenvalue weighted by Gasteiger charge is 2.08. The highest BCUT2D eigenvalue weighted by atomic mass is 16.3. The molecular formula is C12H19NO. The van der Waals surface area contributed by atoms with Crippen molar-refractivity contribution in [1.29, 1.82) is 0 Å². The third-order valence-electron chi connectivity index (χ3n) is 2.37. The van der Waals surface area contributed by atoms with Crippen molar-refractivity contribution in [1.82, 2.24) is 5.32 Å². The highest BCUT2D eigenvalue weighted by molar-refractivity contribution is 5.32. The van der Waals surface area contributed by atoms with Gasteiger partial charge in [0.15, 0.2) is 0 Å². The van der Waals surface area contributed by atoms with E-state index in [-0.39, 0.29) is 0 Å². The fourth-order valence-corrected chi connectivity index (χ4v) is 1.59. The van der Waals surface area contributed by atoms with E-state index < -0.39 is 6.10 Å². The van der Waals surface area contributed by atoms with Gasteiger partial charge in [-0.1, -0.05) is 30.7 Å². The molecule has 0 spiro atoms. The Hall–Kier alpha value is -0.860. The molecule has 0 bridgehead atoms. The van der Waals surface area contributed by atoms with Gasteiger partial charge in [0.1, 0.15) is 0 Å². The zero-order valence-electron chi connectivity index (χ0n) is 9.17. The summed E-state index contributed by atoms with van der Waals surface area (Å²) >= 11 is 0. The van der Waals surface area contributed by atoms with Crippen molar-refractivity contribution >= 4 is 0 Å². The summed E-state index contributed by atoms with van der Waals surface area (Å²) in [6.07, 6.45) is -0.393. The third kappa shape index (κ3) is 2.82. The quantitative estimate of drug-likeness (QED) is 0.766. The monoisotopic (exact) mass is 193 g/mol. The summed E-state index contributed by atoms with van der Waals surface area (Å²) in [5, 5.41) is 13.0. The van der Waals surface area contributed by atoms with E-state index in [9.17, 15) is 5.11 Å². The minimum atomic E-state index is -0.393. The molecule has 0 aliphatic carbocycles. The maximum absolute atomic E-state index is 9.86. The van der Waals surface area contributed by atoms with Crippen molar-refractivity contribution in [2.75, 3.05) is 13.1 Å². The second-order valence-corrected chi connectivity index (χ2v) is 3.68. The molecule has 14 heavy (non-hydrogen) atoms. The zero-order chi connectivity index (χ0) is 10.6. The SMILES string of the molecule is CCNCC(O)c1ccc(C)cc1C. The van der Waals surface area contributed by atoms with Crippen LogP contribution in [0.3, 0.4) is 0 Å². The van der Waals surface area contributed by atoms with Gasteiger partial charge in [0.2, 0.25) is 0 Å². The molecule has 1 aromatic rings. The van der Waals surface area contributed by atoms with Gasteiger partial charge in [-0.3, -0.25) is 0 Å². The molecule has 0 amide bonds. The molecule has 1 aromatic carbocycles. The first-order valence-electron chi connectivity index (χ1n) is 5.11. The van der Waals surface area contributed by atoms with E-state index >= 15 is 0 Å². The molecule has 0 aliphatic rings. The van der Waals surface area contributed by atoms with Crippen molar-refractivity contribution in [3.05, 3.63) is 34.9 Å². The molecule has 0 fully saturated rings. The van der Waals surface area contributed by atoms with Gasteiger partial charge in [0, 0.05) is 6.54 Å². The van der Waals surface area contributed by atoms with Crippen LogP contribution in [0.5, 0.6) is 0 Å². The Morgan fingerprint density at radius 1 is 1.36 bits per heavy atom. The molecule has 78 valence electrons. The van der Waals surface area contributed by atoms with Crippen LogP contribution in [0.1, 0.15) is 29.7 Å². The minimum absolute atomic E-state index is 0.393. The van der Waals surface area contributed by atoms with Crippen LogP contribution in [0, 0.1) is 13.8 Å². The van der Waals surface area contributed by atoms with Gasteiger partial charge in [-0.2, -0.15) is 0 Å². The number of aliphatic hydroxyl groups is 1. The molecule has 0 radical (unpaired) electrons. The molecule has 0 saturated heterocycles. The predicted molar refractivity (Wildman–Crippen MR) is 59.4 cm³/mol. The lowest BCUT2D eigenvalue weighted by Crippen LogP contribution is -2.21. The van der Waals surface area contributed by atoms with Crippen LogP contribution in [-0.4, -0.2) is 18.2 Å². The van der Waals surface area contributed by atoms with E-state index in [1.54, 1.807) is 0 Å². The Morgan fingerprint density at radius 3 is 2.64 bits per heavy atom. The topological polar surface area (TPSA) is 32.3 Å². The van der Waals surface area contributed by atoms with Crippen LogP contribution in [0.4, 0.5) is 0 Å². The Balaban J connectivity index is 2.74. The number of benzene rings is 1. The van der Waals surface area contributed by atoms with Crippen molar-refractivity contribution in [3.8, 4) is 0 Å². The number of aryl methyl sites for hydroxylation is 2. The number of hydrogen-bond donors (Lipinski definition) is 2. The molecule has 0 saturated carbocycles. The summed E-state index contributed by atoms with van der Waals surface area (Å²) in [6, 6.07) is 6.15. The molecule has 2 nitrogen and oxygen atoms in total. The molecule has 1 atom stereocenters. The standard InChI is InChI=1S/C12H19NO/c1-4-13-8-12(14)11-6-5-9(2)7-10(11)3/h5-7,12-14H,4,8H2,1-3H3. The maximum Gasteiger partial charge on any atom is 0.0916 e. The summed E-state index contributed by atoms with van der Waals surface area (Å²) in [5.74, 6) is 0. The fourth-order valence-electron chi connectivity index (χ4n) is 1.59. The van der Waals surface area contributed by atoms with Crippen LogP contribution in [0.15, 0.2) is 18.2 Å². The lowest BCUT2D eigenvalue weighted by Gasteiger charge is -2.14. The average Bonchev–Trinajstić information content (AvgIpc) is 2.14. The second-order valence-electron chi connectivity index (χ2n) is 3.68. The molecule has 1 unspecified atom stereocenters. The molecule has 0 aromatic heterocycles. The van der Waals surface area contributed by atoms with Gasteiger partial charge in [-0.25, -0.2) is 0 Å². The predicted octanol–water partition coefficient (Wildman–Crippen LogP) is 1.95. The maximum atomic E-state index is 9.86. The largest absolute Gasteiger partial charge is 0.387 e. The number of likely N-dealkylation sites (N-methyl/N-ethyl adjacent to an activating group) is 1. The van der Waals surface area contributed by atoms with E-state index in [4.69, 9.17) is 0 Å². The van der Waals surface area contributed by atoms with Gasteiger partial charge >= 0.3 is 0 Å². The normalized spacial score (nSPS) is 12.9. The lowest BCUT2D eigenvalue weighted by atomic mass is 10.0. The van der Waals surface area contributed by atoms with Crippen molar-refractivity contribution in [3.63, 3.8) is 0 Å². The average molecular weight is 193 g/mol. The first kappa shape index (κ1) is 11.2. The smallest absolute Gasteiger partial charge is 0.0916 e. The van der Waals surface area contributed by atoms with E-state index in [0.717, 1.165) is 17.7 Å². The molecule has 1 rings (SSSR count). The van der Waals surface area contributed by atoms with Crippen LogP contribution in [-0.2, 0) is 0 Å². The Labute approximate surface area is 86.0 Å². The first-order valence-corrected chi connectivity index (χ1v) is 5.11. The van der Waals surface area contributed by atoms with E-state index in [0.29, 0.717) is 6.54 Å². The number of hydrogen-bond acceptors (Lipinski definition) is 2. The molecule has 2 N–H and O–H groups in total. The first-order chi connectivity index (χ1) is 6.65. The zero-order valence-corrected chi connectivity index (χ0v) is 9.17. The van der Waals surface area contributed by atoms with Gasteiger partial charge in [0.05, 0.1) is 6.10 Å². The number of aliphatic hydroxyl groups excluding tert-OH is 1. The van der Waals surface area contributed by atoms with Gasteiger partial charge in [-0.15, -0.1) is 0 Å². The van der Waals surface area contributed by atoms with Gasteiger partial charge in [0.25, 0.3) is 0 Å². The summed E-state index contributed by atoms with van der Waals surface area (Å²) in [4.78, 5) is 0. The van der Waals surface area contributed by atoms with E-state index in [2.05, 4.69) is 18.3 Å². The molecule has 2 heteroatoms. The minimum Gasteiger partial charge on any atom is -0.387 e. The number of rotatable bonds is 4. The molecule has 0 aliphatic heterocycles. The van der Waals surface area contributed by atoms with Crippen molar-refractivity contribution in [2.24, 2.45) is 0 Å². The summed E-state index contributed by atoms with van der Waals surface area (Å²) in [6.45, 7) is 7.65. The molecule has 0 heterocycles. The van der Waals surface area contributed by atoms with Crippen LogP contribution >= 0.6 is 0 Å². The fraction of sp³-hybridized carbons (Fsp3) is 0.500. The third-order valence-corrected chi connectivity index (χ3v) is 2.37. The van der Waals surface area contributed by atoms with Gasteiger partial charge in [-0.05, 0) is 31.5 Å². The summed E-state index contributed by atoms with van der Waals surface area (Å²) in [7, 11) is 0. The van der Waals surface area contributed by atoms with Crippen LogP contribution in [0.25, 0.3) is 0 Å². The Kier molecular flexibility index (Phi) is 4.11. The van der Waals surface area contributed by atoms with Crippen LogP contribution in [0.2, 0.25) is 0 Å². The number of nitrogens with one attached hydrogen (secondary N) is 1. The summed E-state index contributed by atoms with van der Waals surface area (Å²) in [5.41, 5.74) is 3.42. The van der Waals surface area contributed by atoms with E-state index in [1.165, 1.54) is 5.56 Å². The van der Waals surface area contributed by atoms with Crippen LogP contribution < -0.4 is 5.32 Å².